The van der Waals surface area contributed by atoms with Gasteiger partial charge < -0.3 is 9.47 Å². The molecule has 0 spiro atoms. The molecule has 1 N–H and O–H groups in total. The van der Waals surface area contributed by atoms with Crippen molar-refractivity contribution < 1.29 is 17.9 Å². The van der Waals surface area contributed by atoms with Crippen LogP contribution in [0.4, 0.5) is 5.82 Å². The van der Waals surface area contributed by atoms with E-state index in [0.29, 0.717) is 34.6 Å². The molecule has 0 bridgehead atoms. The molecule has 0 saturated carbocycles. The molecule has 0 fully saturated rings. The zero-order valence-corrected chi connectivity index (χ0v) is 17.9. The van der Waals surface area contributed by atoms with Crippen LogP contribution in [-0.4, -0.2) is 32.6 Å². The third-order valence-corrected chi connectivity index (χ3v) is 6.10. The minimum absolute atomic E-state index is 0. The van der Waals surface area contributed by atoms with Crippen molar-refractivity contribution in [1.82, 2.24) is 9.97 Å². The lowest BCUT2D eigenvalue weighted by molar-refractivity contribution is 0.354. The Hall–Kier alpha value is -3.65. The first-order chi connectivity index (χ1) is 15.0. The van der Waals surface area contributed by atoms with Crippen LogP contribution in [0.2, 0.25) is 0 Å². The van der Waals surface area contributed by atoms with E-state index < -0.39 is 10.0 Å². The van der Waals surface area contributed by atoms with Crippen LogP contribution in [0, 0.1) is 0 Å². The van der Waals surface area contributed by atoms with Crippen molar-refractivity contribution in [3.63, 3.8) is 0 Å². The fourth-order valence-electron chi connectivity index (χ4n) is 3.21. The van der Waals surface area contributed by atoms with Gasteiger partial charge in [0.2, 0.25) is 0 Å². The van der Waals surface area contributed by atoms with Gasteiger partial charge >= 0.3 is 0 Å². The molecule has 0 aliphatic heterocycles. The standard InChI is InChI=1S/C23H21N3O4S.CH4/c1-29-21-13-12-16(15-22(21)30-2)14-20-23(25-19-11-7-6-10-18(19)24-20)26-31(27,28)17-8-4-3-5-9-17;/h3-13,15H,14H2,1-2H3,(H,25,26);1H4. The van der Waals surface area contributed by atoms with Crippen LogP contribution in [-0.2, 0) is 16.4 Å². The summed E-state index contributed by atoms with van der Waals surface area (Å²) in [6.07, 6.45) is 0.352. The highest BCUT2D eigenvalue weighted by molar-refractivity contribution is 7.92. The van der Waals surface area contributed by atoms with Gasteiger partial charge in [0, 0.05) is 6.42 Å². The number of sulfonamides is 1. The van der Waals surface area contributed by atoms with Crippen LogP contribution in [0.25, 0.3) is 11.0 Å². The number of anilines is 1. The highest BCUT2D eigenvalue weighted by Gasteiger charge is 2.19. The molecule has 0 aliphatic rings. The van der Waals surface area contributed by atoms with Crippen LogP contribution in [0.5, 0.6) is 11.5 Å². The summed E-state index contributed by atoms with van der Waals surface area (Å²) >= 11 is 0. The average Bonchev–Trinajstić information content (AvgIpc) is 2.79. The molecule has 166 valence electrons. The molecule has 0 radical (unpaired) electrons. The second-order valence-corrected chi connectivity index (χ2v) is 8.47. The fraction of sp³-hybridized carbons (Fsp3) is 0.167. The van der Waals surface area contributed by atoms with Crippen LogP contribution >= 0.6 is 0 Å². The third kappa shape index (κ3) is 4.81. The van der Waals surface area contributed by atoms with E-state index in [1.54, 1.807) is 44.6 Å². The molecule has 0 aliphatic carbocycles. The van der Waals surface area contributed by atoms with E-state index in [-0.39, 0.29) is 18.1 Å². The number of benzene rings is 3. The van der Waals surface area contributed by atoms with Crippen LogP contribution < -0.4 is 14.2 Å². The molecule has 0 atom stereocenters. The summed E-state index contributed by atoms with van der Waals surface area (Å²) in [6, 6.07) is 21.0. The van der Waals surface area contributed by atoms with E-state index in [4.69, 9.17) is 9.47 Å². The molecule has 8 heteroatoms. The van der Waals surface area contributed by atoms with E-state index in [9.17, 15) is 8.42 Å². The number of ether oxygens (including phenoxy) is 2. The van der Waals surface area contributed by atoms with E-state index in [2.05, 4.69) is 14.7 Å². The molecular weight excluding hydrogens is 426 g/mol. The monoisotopic (exact) mass is 451 g/mol. The van der Waals surface area contributed by atoms with Gasteiger partial charge in [0.1, 0.15) is 0 Å². The smallest absolute Gasteiger partial charge is 0.263 e. The average molecular weight is 452 g/mol. The quantitative estimate of drug-likeness (QED) is 0.439. The molecule has 1 heterocycles. The lowest BCUT2D eigenvalue weighted by Gasteiger charge is -2.14. The SMILES string of the molecule is C.COc1ccc(Cc2nc3ccccc3nc2NS(=O)(=O)c2ccccc2)cc1OC. The third-order valence-electron chi connectivity index (χ3n) is 4.75. The molecule has 3 aromatic carbocycles. The molecule has 0 unspecified atom stereocenters. The number of para-hydroxylation sites is 2. The summed E-state index contributed by atoms with van der Waals surface area (Å²) in [4.78, 5) is 9.39. The van der Waals surface area contributed by atoms with E-state index in [1.165, 1.54) is 12.1 Å². The lowest BCUT2D eigenvalue weighted by Crippen LogP contribution is -2.16. The van der Waals surface area contributed by atoms with Crippen molar-refractivity contribution in [1.29, 1.82) is 0 Å². The minimum Gasteiger partial charge on any atom is -0.493 e. The lowest BCUT2D eigenvalue weighted by atomic mass is 10.1. The molecule has 4 aromatic rings. The fourth-order valence-corrected chi connectivity index (χ4v) is 4.26. The molecule has 4 rings (SSSR count). The van der Waals surface area contributed by atoms with Gasteiger partial charge in [0.15, 0.2) is 17.3 Å². The molecule has 32 heavy (non-hydrogen) atoms. The summed E-state index contributed by atoms with van der Waals surface area (Å²) in [5.41, 5.74) is 2.66. The van der Waals surface area contributed by atoms with Crippen molar-refractivity contribution in [3.05, 3.63) is 84.1 Å². The first kappa shape index (κ1) is 23.0. The molecule has 7 nitrogen and oxygen atoms in total. The summed E-state index contributed by atoms with van der Waals surface area (Å²) in [5.74, 6) is 1.39. The predicted molar refractivity (Wildman–Crippen MR) is 126 cm³/mol. The van der Waals surface area contributed by atoms with Crippen molar-refractivity contribution in [2.45, 2.75) is 18.7 Å². The number of nitrogens with zero attached hydrogens (tertiary/aromatic N) is 2. The van der Waals surface area contributed by atoms with Crippen molar-refractivity contribution in [2.24, 2.45) is 0 Å². The van der Waals surface area contributed by atoms with Gasteiger partial charge in [-0.25, -0.2) is 18.4 Å². The number of aromatic nitrogens is 2. The number of fused-ring (bicyclic) bond motifs is 1. The zero-order valence-electron chi connectivity index (χ0n) is 17.1. The largest absolute Gasteiger partial charge is 0.493 e. The van der Waals surface area contributed by atoms with Crippen LogP contribution in [0.1, 0.15) is 18.7 Å². The van der Waals surface area contributed by atoms with Gasteiger partial charge in [-0.15, -0.1) is 0 Å². The highest BCUT2D eigenvalue weighted by atomic mass is 32.2. The van der Waals surface area contributed by atoms with Crippen molar-refractivity contribution in [3.8, 4) is 11.5 Å². The van der Waals surface area contributed by atoms with Crippen molar-refractivity contribution in [2.75, 3.05) is 18.9 Å². The molecular formula is C24H25N3O4S. The Morgan fingerprint density at radius 1 is 0.812 bits per heavy atom. The summed E-state index contributed by atoms with van der Waals surface area (Å²) in [6.45, 7) is 0. The minimum atomic E-state index is -3.82. The van der Waals surface area contributed by atoms with E-state index >= 15 is 0 Å². The Morgan fingerprint density at radius 3 is 2.09 bits per heavy atom. The maximum absolute atomic E-state index is 12.9. The highest BCUT2D eigenvalue weighted by Crippen LogP contribution is 2.30. The Balaban J connectivity index is 0.00000289. The number of nitrogens with one attached hydrogen (secondary N) is 1. The number of hydrogen-bond acceptors (Lipinski definition) is 6. The Labute approximate surface area is 188 Å². The second-order valence-electron chi connectivity index (χ2n) is 6.79. The Kier molecular flexibility index (Phi) is 6.95. The van der Waals surface area contributed by atoms with Gasteiger partial charge in [-0.3, -0.25) is 4.72 Å². The number of hydrogen-bond donors (Lipinski definition) is 1. The summed E-state index contributed by atoms with van der Waals surface area (Å²) < 4.78 is 39.1. The van der Waals surface area contributed by atoms with Gasteiger partial charge in [0.05, 0.1) is 35.8 Å². The molecule has 0 saturated heterocycles. The van der Waals surface area contributed by atoms with Crippen LogP contribution in [0.15, 0.2) is 77.7 Å². The first-order valence-electron chi connectivity index (χ1n) is 9.54. The van der Waals surface area contributed by atoms with Gasteiger partial charge in [0.25, 0.3) is 10.0 Å². The van der Waals surface area contributed by atoms with E-state index in [1.807, 2.05) is 30.3 Å². The maximum atomic E-state index is 12.9. The van der Waals surface area contributed by atoms with Gasteiger partial charge in [-0.1, -0.05) is 43.8 Å². The van der Waals surface area contributed by atoms with Crippen molar-refractivity contribution >= 4 is 26.9 Å². The summed E-state index contributed by atoms with van der Waals surface area (Å²) in [5, 5.41) is 0. The maximum Gasteiger partial charge on any atom is 0.263 e. The molecule has 1 aromatic heterocycles. The Morgan fingerprint density at radius 2 is 1.44 bits per heavy atom. The topological polar surface area (TPSA) is 90.4 Å². The summed E-state index contributed by atoms with van der Waals surface area (Å²) in [7, 11) is -0.679. The van der Waals surface area contributed by atoms with E-state index in [0.717, 1.165) is 5.56 Å². The first-order valence-corrected chi connectivity index (χ1v) is 11.0. The number of rotatable bonds is 7. The normalized spacial score (nSPS) is 10.9. The number of methoxy groups -OCH3 is 2. The predicted octanol–water partition coefficient (Wildman–Crippen LogP) is 4.67. The van der Waals surface area contributed by atoms with Gasteiger partial charge in [-0.05, 0) is 42.0 Å². The zero-order chi connectivity index (χ0) is 21.8. The van der Waals surface area contributed by atoms with Gasteiger partial charge in [-0.2, -0.15) is 0 Å². The second kappa shape index (κ2) is 9.65. The van der Waals surface area contributed by atoms with Crippen LogP contribution in [0.3, 0.4) is 0 Å². The Bertz CT molecular complexity index is 1330. The molecule has 0 amide bonds.